The van der Waals surface area contributed by atoms with Gasteiger partial charge in [0.15, 0.2) is 7.05 Å². The first-order chi connectivity index (χ1) is 22.0. The zero-order valence-electron chi connectivity index (χ0n) is 25.4. The second-order valence-corrected chi connectivity index (χ2v) is 12.4. The molecule has 2 aromatic heterocycles. The Balaban J connectivity index is 1.31. The number of anilines is 3. The summed E-state index contributed by atoms with van der Waals surface area (Å²) in [5.74, 6) is 0.909. The first-order valence-electron chi connectivity index (χ1n) is 15.4. The van der Waals surface area contributed by atoms with Gasteiger partial charge in [-0.25, -0.2) is 4.98 Å². The molecule has 0 N–H and O–H groups in total. The molecule has 214 valence electrons. The van der Waals surface area contributed by atoms with E-state index in [2.05, 4.69) is 167 Å². The molecule has 2 aliphatic heterocycles. The summed E-state index contributed by atoms with van der Waals surface area (Å²) in [4.78, 5) is 7.20. The number of hydrogen-bond donors (Lipinski definition) is 0. The van der Waals surface area contributed by atoms with Gasteiger partial charge in [-0.15, -0.1) is 0 Å². The number of aromatic nitrogens is 2. The third-order valence-electron chi connectivity index (χ3n) is 9.50. The van der Waals surface area contributed by atoms with Crippen molar-refractivity contribution in [2.45, 2.75) is 19.3 Å². The predicted molar refractivity (Wildman–Crippen MR) is 184 cm³/mol. The van der Waals surface area contributed by atoms with E-state index in [1.807, 2.05) is 12.3 Å². The quantitative estimate of drug-likeness (QED) is 0.194. The van der Waals surface area contributed by atoms with Crippen LogP contribution in [0.5, 0.6) is 0 Å². The molecule has 0 aliphatic carbocycles. The number of hydrogen-bond acceptors (Lipinski definition) is 2. The Morgan fingerprint density at radius 2 is 1.38 bits per heavy atom. The van der Waals surface area contributed by atoms with E-state index >= 15 is 0 Å². The summed E-state index contributed by atoms with van der Waals surface area (Å²) >= 11 is 0. The molecule has 0 saturated heterocycles. The Labute approximate surface area is 261 Å². The fraction of sp³-hybridized carbons (Fsp3) is 0.100. The minimum atomic E-state index is -0.180. The van der Waals surface area contributed by atoms with Crippen molar-refractivity contribution in [3.8, 4) is 5.82 Å². The van der Waals surface area contributed by atoms with Gasteiger partial charge in [-0.05, 0) is 58.2 Å². The van der Waals surface area contributed by atoms with E-state index in [9.17, 15) is 0 Å². The summed E-state index contributed by atoms with van der Waals surface area (Å²) in [6.45, 7) is 4.67. The van der Waals surface area contributed by atoms with E-state index in [1.54, 1.807) is 0 Å². The van der Waals surface area contributed by atoms with Crippen molar-refractivity contribution >= 4 is 61.9 Å². The van der Waals surface area contributed by atoms with E-state index in [1.165, 1.54) is 33.3 Å². The monoisotopic (exact) mass is 581 g/mol. The summed E-state index contributed by atoms with van der Waals surface area (Å²) in [6, 6.07) is 49.3. The Morgan fingerprint density at radius 3 is 2.24 bits per heavy atom. The van der Waals surface area contributed by atoms with Gasteiger partial charge in [-0.3, -0.25) is 4.57 Å². The molecule has 5 heteroatoms. The summed E-state index contributed by atoms with van der Waals surface area (Å²) in [7, 11) is 2.05. The molecule has 0 spiro atoms. The van der Waals surface area contributed by atoms with E-state index < -0.39 is 0 Å². The lowest BCUT2D eigenvalue weighted by molar-refractivity contribution is -0.394. The second-order valence-electron chi connectivity index (χ2n) is 12.4. The number of fused-ring (bicyclic) bond motifs is 6. The lowest BCUT2D eigenvalue weighted by Crippen LogP contribution is -2.30. The second kappa shape index (κ2) is 9.36. The minimum Gasteiger partial charge on any atom is -0.310 e. The summed E-state index contributed by atoms with van der Waals surface area (Å²) in [5, 5.41) is 2.43. The van der Waals surface area contributed by atoms with E-state index in [0.29, 0.717) is 0 Å². The topological polar surface area (TPSA) is 27.1 Å². The highest BCUT2D eigenvalue weighted by Gasteiger charge is 2.39. The van der Waals surface area contributed by atoms with Gasteiger partial charge in [0.1, 0.15) is 5.82 Å². The summed E-state index contributed by atoms with van der Waals surface area (Å²) in [6.07, 6.45) is 1.86. The van der Waals surface area contributed by atoms with Gasteiger partial charge in [-0.2, -0.15) is 0 Å². The number of para-hydroxylation sites is 4. The maximum atomic E-state index is 4.77. The first-order valence-corrected chi connectivity index (χ1v) is 15.4. The molecule has 45 heavy (non-hydrogen) atoms. The maximum Gasteiger partial charge on any atom is 0.496 e. The van der Waals surface area contributed by atoms with Crippen molar-refractivity contribution < 1.29 is 4.58 Å². The van der Waals surface area contributed by atoms with Crippen LogP contribution in [0.3, 0.4) is 0 Å². The summed E-state index contributed by atoms with van der Waals surface area (Å²) < 4.78 is 6.52. The normalized spacial score (nSPS) is 14.6. The van der Waals surface area contributed by atoms with Gasteiger partial charge in [-0.1, -0.05) is 79.1 Å². The highest BCUT2D eigenvalue weighted by atomic mass is 15.2. The van der Waals surface area contributed by atoms with Crippen LogP contribution in [-0.2, 0) is 5.41 Å². The third kappa shape index (κ3) is 3.65. The van der Waals surface area contributed by atoms with Gasteiger partial charge in [0.25, 0.3) is 11.4 Å². The van der Waals surface area contributed by atoms with E-state index in [0.717, 1.165) is 39.6 Å². The molecule has 2 aliphatic rings. The molecule has 0 bridgehead atoms. The van der Waals surface area contributed by atoms with Crippen LogP contribution in [0.1, 0.15) is 25.0 Å². The molecule has 0 amide bonds. The SMILES string of the molecule is C[N+]1=C=[N+](c2ccc3c(c2)N(c2ccc4c5ccccc5n(-c5ccccn5)c4c2)c2ccccc2C3(C)C)c2ccccc21. The third-order valence-corrected chi connectivity index (χ3v) is 9.50. The highest BCUT2D eigenvalue weighted by Crippen LogP contribution is 2.53. The molecular weight excluding hydrogens is 550 g/mol. The van der Waals surface area contributed by atoms with Crippen LogP contribution in [0.15, 0.2) is 134 Å². The largest absolute Gasteiger partial charge is 0.496 e. The zero-order valence-corrected chi connectivity index (χ0v) is 25.4. The number of benzene rings is 5. The van der Waals surface area contributed by atoms with Crippen LogP contribution in [0, 0.1) is 0 Å². The van der Waals surface area contributed by atoms with Crippen molar-refractivity contribution in [1.29, 1.82) is 0 Å². The number of pyridine rings is 1. The smallest absolute Gasteiger partial charge is 0.310 e. The van der Waals surface area contributed by atoms with Crippen LogP contribution < -0.4 is 9.48 Å². The minimum absolute atomic E-state index is 0.180. The van der Waals surface area contributed by atoms with Gasteiger partial charge >= 0.3 is 6.01 Å². The molecule has 0 fully saturated rings. The molecule has 0 atom stereocenters. The van der Waals surface area contributed by atoms with Crippen LogP contribution in [0.4, 0.5) is 34.1 Å². The van der Waals surface area contributed by atoms with Crippen molar-refractivity contribution in [2.75, 3.05) is 11.9 Å². The molecule has 5 aromatic carbocycles. The molecule has 0 unspecified atom stereocenters. The molecule has 7 aromatic rings. The van der Waals surface area contributed by atoms with Crippen molar-refractivity contribution in [3.05, 3.63) is 145 Å². The van der Waals surface area contributed by atoms with E-state index in [-0.39, 0.29) is 5.41 Å². The average Bonchev–Trinajstić information content (AvgIpc) is 3.59. The van der Waals surface area contributed by atoms with Crippen molar-refractivity contribution in [2.24, 2.45) is 0 Å². The maximum absolute atomic E-state index is 4.77. The molecule has 5 nitrogen and oxygen atoms in total. The van der Waals surface area contributed by atoms with Crippen LogP contribution in [0.25, 0.3) is 27.6 Å². The fourth-order valence-electron chi connectivity index (χ4n) is 7.35. The standard InChI is InChI=1S/C40H31N5/c1-40(2)31-13-5-7-15-34(31)44(38-24-27(20-22-32(38)40)43-26-42(3)35-16-8-9-17-36(35)43)28-19-21-30-29-12-4-6-14-33(29)45(37(30)25-28)39-18-10-11-23-41-39/h4-25H,1-3H3/q+2. The fourth-order valence-corrected chi connectivity index (χ4v) is 7.35. The Kier molecular flexibility index (Phi) is 5.35. The van der Waals surface area contributed by atoms with Crippen LogP contribution in [0.2, 0.25) is 0 Å². The Bertz CT molecular complexity index is 2410. The molecule has 4 heterocycles. The van der Waals surface area contributed by atoms with Gasteiger partial charge in [0.05, 0.1) is 22.4 Å². The lowest BCUT2D eigenvalue weighted by atomic mass is 9.73. The van der Waals surface area contributed by atoms with Gasteiger partial charge < -0.3 is 4.90 Å². The van der Waals surface area contributed by atoms with Crippen molar-refractivity contribution in [1.82, 2.24) is 14.1 Å². The molecule has 0 radical (unpaired) electrons. The zero-order chi connectivity index (χ0) is 30.3. The Morgan fingerprint density at radius 1 is 0.644 bits per heavy atom. The number of nitrogens with zero attached hydrogens (tertiary/aromatic N) is 5. The lowest BCUT2D eigenvalue weighted by Gasteiger charge is -2.41. The van der Waals surface area contributed by atoms with Crippen molar-refractivity contribution in [3.63, 3.8) is 0 Å². The average molecular weight is 582 g/mol. The van der Waals surface area contributed by atoms with Crippen LogP contribution in [-0.4, -0.2) is 27.2 Å². The van der Waals surface area contributed by atoms with Crippen LogP contribution >= 0.6 is 0 Å². The molecular formula is C40H31N5+2. The van der Waals surface area contributed by atoms with Gasteiger partial charge in [0.2, 0.25) is 5.69 Å². The number of rotatable bonds is 3. The predicted octanol–water partition coefficient (Wildman–Crippen LogP) is 9.58. The Hall–Kier alpha value is -5.77. The molecule has 9 rings (SSSR count). The first kappa shape index (κ1) is 25.7. The van der Waals surface area contributed by atoms with Gasteiger partial charge in [0, 0.05) is 52.3 Å². The van der Waals surface area contributed by atoms with E-state index in [4.69, 9.17) is 4.98 Å². The molecule has 0 saturated carbocycles. The summed E-state index contributed by atoms with van der Waals surface area (Å²) in [5.41, 5.74) is 11.5. The highest BCUT2D eigenvalue weighted by molar-refractivity contribution is 6.10.